The molecule has 4 rings (SSSR count). The fourth-order valence-corrected chi connectivity index (χ4v) is 7.20. The van der Waals surface area contributed by atoms with Gasteiger partial charge in [0.15, 0.2) is 0 Å². The number of aliphatic hydroxyl groups is 1. The van der Waals surface area contributed by atoms with E-state index in [1.54, 1.807) is 11.3 Å². The molecule has 11 heteroatoms. The number of rotatable bonds is 10. The van der Waals surface area contributed by atoms with Crippen molar-refractivity contribution in [2.75, 3.05) is 6.54 Å². The molecule has 0 bridgehead atoms. The van der Waals surface area contributed by atoms with E-state index in [0.717, 1.165) is 47.4 Å². The van der Waals surface area contributed by atoms with Crippen molar-refractivity contribution in [1.82, 2.24) is 20.5 Å². The third-order valence-electron chi connectivity index (χ3n) is 8.96. The van der Waals surface area contributed by atoms with E-state index in [1.165, 1.54) is 4.90 Å². The van der Waals surface area contributed by atoms with E-state index in [9.17, 15) is 24.3 Å². The molecule has 1 unspecified atom stereocenters. The van der Waals surface area contributed by atoms with Crippen molar-refractivity contribution >= 4 is 35.0 Å². The minimum atomic E-state index is -0.876. The number of hydrogen-bond donors (Lipinski definition) is 4. The number of thiazole rings is 1. The summed E-state index contributed by atoms with van der Waals surface area (Å²) in [4.78, 5) is 58.4. The molecule has 1 aromatic carbocycles. The van der Waals surface area contributed by atoms with Gasteiger partial charge in [0, 0.05) is 25.8 Å². The van der Waals surface area contributed by atoms with E-state index in [2.05, 4.69) is 15.6 Å². The van der Waals surface area contributed by atoms with E-state index in [4.69, 9.17) is 5.11 Å². The van der Waals surface area contributed by atoms with Gasteiger partial charge in [0.05, 0.1) is 28.2 Å². The van der Waals surface area contributed by atoms with Crippen LogP contribution in [0, 0.1) is 24.2 Å². The number of carbonyl (C=O) groups excluding carboxylic acids is 3. The molecule has 0 radical (unpaired) electrons. The topological polar surface area (TPSA) is 149 Å². The number of nitrogens with zero attached hydrogens (tertiary/aromatic N) is 2. The number of hydrogen-bond acceptors (Lipinski definition) is 7. The molecular formula is C33H46N4O6S. The van der Waals surface area contributed by atoms with E-state index < -0.39 is 29.6 Å². The molecule has 1 aromatic heterocycles. The molecule has 1 aliphatic heterocycles. The number of carboxylic acids is 1. The first kappa shape index (κ1) is 33.6. The predicted molar refractivity (Wildman–Crippen MR) is 169 cm³/mol. The van der Waals surface area contributed by atoms with Crippen molar-refractivity contribution in [2.45, 2.75) is 104 Å². The van der Waals surface area contributed by atoms with Crippen LogP contribution in [0.1, 0.15) is 89.9 Å². The van der Waals surface area contributed by atoms with Gasteiger partial charge < -0.3 is 25.7 Å². The first-order valence-corrected chi connectivity index (χ1v) is 16.4. The van der Waals surface area contributed by atoms with Crippen LogP contribution in [0.25, 0.3) is 10.4 Å². The Morgan fingerprint density at radius 1 is 1.02 bits per heavy atom. The van der Waals surface area contributed by atoms with E-state index in [0.29, 0.717) is 0 Å². The second kappa shape index (κ2) is 14.2. The van der Waals surface area contributed by atoms with Gasteiger partial charge >= 0.3 is 5.97 Å². The lowest BCUT2D eigenvalue weighted by molar-refractivity contribution is -0.144. The quantitative estimate of drug-likeness (QED) is 0.304. The van der Waals surface area contributed by atoms with Gasteiger partial charge in [0.2, 0.25) is 17.7 Å². The third kappa shape index (κ3) is 8.44. The van der Waals surface area contributed by atoms with Gasteiger partial charge in [0.25, 0.3) is 0 Å². The number of benzene rings is 1. The highest BCUT2D eigenvalue weighted by Crippen LogP contribution is 2.33. The highest BCUT2D eigenvalue weighted by atomic mass is 32.1. The van der Waals surface area contributed by atoms with Crippen LogP contribution in [0.4, 0.5) is 0 Å². The summed E-state index contributed by atoms with van der Waals surface area (Å²) < 4.78 is 0. The van der Waals surface area contributed by atoms with Gasteiger partial charge in [-0.05, 0) is 67.9 Å². The average Bonchev–Trinajstić information content (AvgIpc) is 3.57. The molecule has 1 saturated carbocycles. The fourth-order valence-electron chi connectivity index (χ4n) is 6.38. The monoisotopic (exact) mass is 626 g/mol. The molecule has 10 nitrogen and oxygen atoms in total. The highest BCUT2D eigenvalue weighted by molar-refractivity contribution is 7.13. The summed E-state index contributed by atoms with van der Waals surface area (Å²) in [5.74, 6) is -1.46. The van der Waals surface area contributed by atoms with Gasteiger partial charge in [-0.25, -0.2) is 4.98 Å². The van der Waals surface area contributed by atoms with Crippen molar-refractivity contribution in [3.63, 3.8) is 0 Å². The summed E-state index contributed by atoms with van der Waals surface area (Å²) in [6, 6.07) is 5.89. The van der Waals surface area contributed by atoms with Crippen LogP contribution in [-0.4, -0.2) is 68.5 Å². The van der Waals surface area contributed by atoms with Gasteiger partial charge in [-0.1, -0.05) is 45.0 Å². The van der Waals surface area contributed by atoms with Crippen LogP contribution < -0.4 is 10.6 Å². The first-order valence-electron chi connectivity index (χ1n) is 15.5. The lowest BCUT2D eigenvalue weighted by Gasteiger charge is -2.36. The summed E-state index contributed by atoms with van der Waals surface area (Å²) in [5.41, 5.74) is 4.13. The van der Waals surface area contributed by atoms with Crippen LogP contribution in [0.2, 0.25) is 0 Å². The van der Waals surface area contributed by atoms with Crippen LogP contribution in [0.5, 0.6) is 0 Å². The number of aromatic nitrogens is 1. The SMILES string of the molecule is Cc1ncsc1-c1ccc([C@H](C)NC(=O)[C@@H]2C[C@@H](O)CN2C(=O)C(NC(=O)CC2CCC(CC(=O)O)CC2)C(C)(C)C)cc1. The molecule has 4 atom stereocenters. The van der Waals surface area contributed by atoms with E-state index >= 15 is 0 Å². The van der Waals surface area contributed by atoms with Crippen molar-refractivity contribution < 1.29 is 29.4 Å². The minimum Gasteiger partial charge on any atom is -0.481 e. The van der Waals surface area contributed by atoms with Crippen molar-refractivity contribution in [3.8, 4) is 10.4 Å². The third-order valence-corrected chi connectivity index (χ3v) is 9.94. The van der Waals surface area contributed by atoms with E-state index in [1.807, 2.05) is 64.4 Å². The molecule has 3 amide bonds. The molecule has 2 heterocycles. The summed E-state index contributed by atoms with van der Waals surface area (Å²) >= 11 is 1.58. The number of aliphatic hydroxyl groups excluding tert-OH is 1. The van der Waals surface area contributed by atoms with Crippen molar-refractivity contribution in [2.24, 2.45) is 17.3 Å². The van der Waals surface area contributed by atoms with Crippen LogP contribution in [0.3, 0.4) is 0 Å². The molecule has 4 N–H and O–H groups in total. The standard InChI is InChI=1S/C33H46N4O6S/c1-19(23-10-12-24(13-11-23)29-20(2)34-18-44-29)35-31(42)26-16-25(38)17-37(26)32(43)30(33(3,4)5)36-27(39)14-21-6-8-22(9-7-21)15-28(40)41/h10-13,18-19,21-22,25-26,30,38H,6-9,14-17H2,1-5H3,(H,35,42)(H,36,39)(H,40,41)/t19-,21?,22?,25+,26-,30?/m0/s1. The maximum Gasteiger partial charge on any atom is 0.303 e. The largest absolute Gasteiger partial charge is 0.481 e. The number of aryl methyl sites for hydroxylation is 1. The molecular weight excluding hydrogens is 580 g/mol. The lowest BCUT2D eigenvalue weighted by Crippen LogP contribution is -2.58. The second-order valence-corrected chi connectivity index (χ2v) is 14.4. The number of amides is 3. The summed E-state index contributed by atoms with van der Waals surface area (Å²) in [6.45, 7) is 9.48. The lowest BCUT2D eigenvalue weighted by atomic mass is 9.79. The number of carboxylic acid groups (broad SMARTS) is 1. The van der Waals surface area contributed by atoms with Crippen molar-refractivity contribution in [1.29, 1.82) is 0 Å². The first-order chi connectivity index (χ1) is 20.7. The summed E-state index contributed by atoms with van der Waals surface area (Å²) in [5, 5.41) is 25.5. The smallest absolute Gasteiger partial charge is 0.303 e. The molecule has 0 spiro atoms. The molecule has 1 saturated heterocycles. The zero-order chi connectivity index (χ0) is 32.2. The molecule has 1 aliphatic carbocycles. The Morgan fingerprint density at radius 3 is 2.18 bits per heavy atom. The Hall–Kier alpha value is -3.31. The molecule has 44 heavy (non-hydrogen) atoms. The summed E-state index contributed by atoms with van der Waals surface area (Å²) in [6.07, 6.45) is 2.84. The average molecular weight is 627 g/mol. The molecule has 2 aliphatic rings. The number of likely N-dealkylation sites (tertiary alicyclic amines) is 1. The fraction of sp³-hybridized carbons (Fsp3) is 0.606. The van der Waals surface area contributed by atoms with Crippen molar-refractivity contribution in [3.05, 3.63) is 41.0 Å². The Balaban J connectivity index is 1.38. The molecule has 2 aromatic rings. The van der Waals surface area contributed by atoms with Crippen LogP contribution >= 0.6 is 11.3 Å². The van der Waals surface area contributed by atoms with Gasteiger partial charge in [-0.2, -0.15) is 0 Å². The normalized spacial score (nSPS) is 23.5. The highest BCUT2D eigenvalue weighted by Gasteiger charge is 2.44. The van der Waals surface area contributed by atoms with Gasteiger partial charge in [0.1, 0.15) is 12.1 Å². The zero-order valence-electron chi connectivity index (χ0n) is 26.3. The van der Waals surface area contributed by atoms with Crippen LogP contribution in [-0.2, 0) is 19.2 Å². The molecule has 2 fully saturated rings. The van der Waals surface area contributed by atoms with E-state index in [-0.39, 0.29) is 61.4 Å². The molecule has 240 valence electrons. The van der Waals surface area contributed by atoms with Gasteiger partial charge in [-0.15, -0.1) is 11.3 Å². The minimum absolute atomic E-state index is 0.0181. The Morgan fingerprint density at radius 2 is 1.64 bits per heavy atom. The number of aliphatic carboxylic acids is 1. The second-order valence-electron chi connectivity index (χ2n) is 13.6. The van der Waals surface area contributed by atoms with Crippen LogP contribution in [0.15, 0.2) is 29.8 Å². The number of nitrogens with one attached hydrogen (secondary N) is 2. The maximum absolute atomic E-state index is 13.9. The number of β-amino-alcohol motifs (C(OH)–C–C–N with tert-alkyl or cyclic N) is 1. The Labute approximate surface area is 263 Å². The zero-order valence-corrected chi connectivity index (χ0v) is 27.2. The summed E-state index contributed by atoms with van der Waals surface area (Å²) in [7, 11) is 0. The maximum atomic E-state index is 13.9. The predicted octanol–water partition coefficient (Wildman–Crippen LogP) is 4.46. The Bertz CT molecular complexity index is 1330. The number of carbonyl (C=O) groups is 4. The Kier molecular flexibility index (Phi) is 10.8. The van der Waals surface area contributed by atoms with Gasteiger partial charge in [-0.3, -0.25) is 19.2 Å².